The number of hydrazine groups is 1. The molecule has 11 heteroatoms. The Morgan fingerprint density at radius 2 is 1.85 bits per heavy atom. The Morgan fingerprint density at radius 1 is 1.09 bits per heavy atom. The number of amides is 3. The molecule has 0 bridgehead atoms. The quantitative estimate of drug-likeness (QED) is 0.560. The molecule has 3 rings (SSSR count). The lowest BCUT2D eigenvalue weighted by atomic mass is 10.1. The summed E-state index contributed by atoms with van der Waals surface area (Å²) in [7, 11) is 2.91. The summed E-state index contributed by atoms with van der Waals surface area (Å²) in [6.45, 7) is -0.597. The van der Waals surface area contributed by atoms with Gasteiger partial charge in [-0.3, -0.25) is 29.6 Å². The number of carbonyl (C=O) groups excluding carboxylic acids is 4. The Bertz CT molecular complexity index is 1080. The molecule has 0 unspecified atom stereocenters. The molecule has 0 spiro atoms. The first-order valence-corrected chi connectivity index (χ1v) is 10.2. The van der Waals surface area contributed by atoms with Gasteiger partial charge in [0.2, 0.25) is 5.91 Å². The van der Waals surface area contributed by atoms with Crippen molar-refractivity contribution in [3.63, 3.8) is 0 Å². The highest BCUT2D eigenvalue weighted by molar-refractivity contribution is 6.30. The molecule has 1 aliphatic heterocycles. The number of methoxy groups -OCH3 is 2. The molecule has 2 aromatic carbocycles. The number of nitrogens with one attached hydrogen (secondary N) is 2. The summed E-state index contributed by atoms with van der Waals surface area (Å²) in [5.74, 6) is -2.28. The summed E-state index contributed by atoms with van der Waals surface area (Å²) >= 11 is 5.86. The largest absolute Gasteiger partial charge is 0.493 e. The Kier molecular flexibility index (Phi) is 7.73. The van der Waals surface area contributed by atoms with Crippen LogP contribution in [0.3, 0.4) is 0 Å². The number of carbonyl (C=O) groups is 4. The average Bonchev–Trinajstić information content (AvgIpc) is 3.17. The second-order valence-corrected chi connectivity index (χ2v) is 7.52. The van der Waals surface area contributed by atoms with Gasteiger partial charge < -0.3 is 19.5 Å². The van der Waals surface area contributed by atoms with E-state index in [9.17, 15) is 19.2 Å². The lowest BCUT2D eigenvalue weighted by molar-refractivity contribution is -0.151. The predicted molar refractivity (Wildman–Crippen MR) is 118 cm³/mol. The number of anilines is 1. The molecule has 1 saturated heterocycles. The normalized spacial score (nSPS) is 15.1. The van der Waals surface area contributed by atoms with Crippen molar-refractivity contribution >= 4 is 41.0 Å². The number of esters is 1. The van der Waals surface area contributed by atoms with E-state index in [0.29, 0.717) is 22.2 Å². The van der Waals surface area contributed by atoms with Crippen molar-refractivity contribution in [3.8, 4) is 11.5 Å². The summed E-state index contributed by atoms with van der Waals surface area (Å²) in [5, 5.41) is 4.06. The van der Waals surface area contributed by atoms with Crippen molar-refractivity contribution in [2.24, 2.45) is 5.92 Å². The number of benzene rings is 2. The molecule has 0 aliphatic carbocycles. The van der Waals surface area contributed by atoms with Crippen molar-refractivity contribution in [1.29, 1.82) is 0 Å². The van der Waals surface area contributed by atoms with Gasteiger partial charge in [0, 0.05) is 22.7 Å². The fourth-order valence-electron chi connectivity index (χ4n) is 3.16. The lowest BCUT2D eigenvalue weighted by Gasteiger charge is -2.18. The van der Waals surface area contributed by atoms with Crippen LogP contribution < -0.4 is 20.2 Å². The number of hydrogen-bond donors (Lipinski definition) is 2. The minimum absolute atomic E-state index is 0.0768. The molecular weight excluding hydrogens is 454 g/mol. The molecule has 1 aliphatic rings. The van der Waals surface area contributed by atoms with E-state index < -0.39 is 36.2 Å². The molecule has 0 radical (unpaired) electrons. The van der Waals surface area contributed by atoms with Gasteiger partial charge in [-0.25, -0.2) is 0 Å². The number of hydrogen-bond acceptors (Lipinski definition) is 7. The summed E-state index contributed by atoms with van der Waals surface area (Å²) in [4.78, 5) is 49.1. The molecule has 0 saturated carbocycles. The first-order chi connectivity index (χ1) is 15.8. The molecule has 33 heavy (non-hydrogen) atoms. The van der Waals surface area contributed by atoms with Crippen LogP contribution in [-0.2, 0) is 19.1 Å². The number of nitrogens with zero attached hydrogens (tertiary/aromatic N) is 1. The smallest absolute Gasteiger partial charge is 0.311 e. The molecule has 1 atom stereocenters. The van der Waals surface area contributed by atoms with E-state index in [1.54, 1.807) is 30.3 Å². The standard InChI is InChI=1S/C22H22ClN3O7/c1-31-17-7-6-13(8-18(17)32-2)21(29)25-26-11-14(9-20(26)28)22(30)33-12-19(27)24-16-5-3-4-15(23)10-16/h3-8,10,14H,9,11-12H2,1-2H3,(H,24,27)(H,25,29)/t14-/m0/s1. The van der Waals surface area contributed by atoms with E-state index in [0.717, 1.165) is 5.01 Å². The summed E-state index contributed by atoms with van der Waals surface area (Å²) in [5.41, 5.74) is 3.17. The van der Waals surface area contributed by atoms with Gasteiger partial charge in [-0.1, -0.05) is 17.7 Å². The first kappa shape index (κ1) is 23.9. The predicted octanol–water partition coefficient (Wildman–Crippen LogP) is 2.03. The topological polar surface area (TPSA) is 123 Å². The lowest BCUT2D eigenvalue weighted by Crippen LogP contribution is -2.43. The summed E-state index contributed by atoms with van der Waals surface area (Å²) in [6, 6.07) is 11.1. The fourth-order valence-corrected chi connectivity index (χ4v) is 3.35. The van der Waals surface area contributed by atoms with Gasteiger partial charge >= 0.3 is 5.97 Å². The van der Waals surface area contributed by atoms with Crippen molar-refractivity contribution < 1.29 is 33.4 Å². The number of rotatable bonds is 8. The maximum absolute atomic E-state index is 12.5. The van der Waals surface area contributed by atoms with E-state index in [-0.39, 0.29) is 18.5 Å². The minimum atomic E-state index is -0.817. The van der Waals surface area contributed by atoms with E-state index in [1.807, 2.05) is 0 Å². The van der Waals surface area contributed by atoms with E-state index in [1.165, 1.54) is 26.4 Å². The zero-order valence-corrected chi connectivity index (χ0v) is 18.7. The molecule has 1 fully saturated rings. The van der Waals surface area contributed by atoms with Gasteiger partial charge in [-0.2, -0.15) is 0 Å². The van der Waals surface area contributed by atoms with Crippen molar-refractivity contribution in [3.05, 3.63) is 53.1 Å². The van der Waals surface area contributed by atoms with Crippen molar-refractivity contribution in [2.75, 3.05) is 32.7 Å². The molecule has 2 aromatic rings. The highest BCUT2D eigenvalue weighted by Crippen LogP contribution is 2.27. The third-order valence-corrected chi connectivity index (χ3v) is 5.03. The Hall–Kier alpha value is -3.79. The zero-order valence-electron chi connectivity index (χ0n) is 17.9. The van der Waals surface area contributed by atoms with Crippen molar-refractivity contribution in [2.45, 2.75) is 6.42 Å². The number of halogens is 1. The maximum Gasteiger partial charge on any atom is 0.311 e. The Morgan fingerprint density at radius 3 is 2.55 bits per heavy atom. The zero-order chi connectivity index (χ0) is 24.0. The van der Waals surface area contributed by atoms with E-state index in [4.69, 9.17) is 25.8 Å². The highest BCUT2D eigenvalue weighted by atomic mass is 35.5. The van der Waals surface area contributed by atoms with Crippen LogP contribution in [-0.4, -0.2) is 56.1 Å². The summed E-state index contributed by atoms with van der Waals surface area (Å²) < 4.78 is 15.3. The van der Waals surface area contributed by atoms with Gasteiger partial charge in [0.25, 0.3) is 11.8 Å². The Labute approximate surface area is 194 Å². The SMILES string of the molecule is COc1ccc(C(=O)NN2C[C@@H](C(=O)OCC(=O)Nc3cccc(Cl)c3)CC2=O)cc1OC. The molecule has 3 amide bonds. The molecule has 0 aromatic heterocycles. The maximum atomic E-state index is 12.5. The molecule has 174 valence electrons. The summed E-state index contributed by atoms with van der Waals surface area (Å²) in [6.07, 6.45) is -0.152. The van der Waals surface area contributed by atoms with E-state index >= 15 is 0 Å². The van der Waals surface area contributed by atoms with Crippen LogP contribution in [0.1, 0.15) is 16.8 Å². The van der Waals surface area contributed by atoms with Crippen LogP contribution in [0.5, 0.6) is 11.5 Å². The van der Waals surface area contributed by atoms with Crippen LogP contribution in [0.25, 0.3) is 0 Å². The van der Waals surface area contributed by atoms with Crippen LogP contribution in [0.15, 0.2) is 42.5 Å². The van der Waals surface area contributed by atoms with Crippen LogP contribution in [0.4, 0.5) is 5.69 Å². The third-order valence-electron chi connectivity index (χ3n) is 4.79. The van der Waals surface area contributed by atoms with Gasteiger partial charge in [-0.05, 0) is 36.4 Å². The monoisotopic (exact) mass is 475 g/mol. The minimum Gasteiger partial charge on any atom is -0.493 e. The average molecular weight is 476 g/mol. The van der Waals surface area contributed by atoms with Crippen LogP contribution in [0.2, 0.25) is 5.02 Å². The van der Waals surface area contributed by atoms with E-state index in [2.05, 4.69) is 10.7 Å². The van der Waals surface area contributed by atoms with Gasteiger partial charge in [0.05, 0.1) is 26.7 Å². The second kappa shape index (κ2) is 10.7. The van der Waals surface area contributed by atoms with Gasteiger partial charge in [0.15, 0.2) is 18.1 Å². The molecular formula is C22H22ClN3O7. The second-order valence-electron chi connectivity index (χ2n) is 7.08. The third kappa shape index (κ3) is 6.13. The van der Waals surface area contributed by atoms with Gasteiger partial charge in [-0.15, -0.1) is 0 Å². The molecule has 2 N–H and O–H groups in total. The Balaban J connectivity index is 1.51. The molecule has 10 nitrogen and oxygen atoms in total. The van der Waals surface area contributed by atoms with Crippen LogP contribution >= 0.6 is 11.6 Å². The highest BCUT2D eigenvalue weighted by Gasteiger charge is 2.36. The van der Waals surface area contributed by atoms with Gasteiger partial charge in [0.1, 0.15) is 0 Å². The van der Waals surface area contributed by atoms with Crippen molar-refractivity contribution in [1.82, 2.24) is 10.4 Å². The molecule has 1 heterocycles. The van der Waals surface area contributed by atoms with Crippen LogP contribution in [0, 0.1) is 5.92 Å². The number of ether oxygens (including phenoxy) is 3. The fraction of sp³-hybridized carbons (Fsp3) is 0.273. The first-order valence-electron chi connectivity index (χ1n) is 9.86.